The van der Waals surface area contributed by atoms with Crippen LogP contribution in [0.15, 0.2) is 24.3 Å². The Bertz CT molecular complexity index is 366. The van der Waals surface area contributed by atoms with Crippen LogP contribution >= 0.6 is 0 Å². The van der Waals surface area contributed by atoms with Crippen LogP contribution in [-0.2, 0) is 0 Å². The molecule has 1 aliphatic heterocycles. The van der Waals surface area contributed by atoms with Gasteiger partial charge in [0.25, 0.3) is 0 Å². The predicted molar refractivity (Wildman–Crippen MR) is 62.8 cm³/mol. The van der Waals surface area contributed by atoms with Gasteiger partial charge in [-0.2, -0.15) is 0 Å². The molecule has 0 spiro atoms. The number of ketones is 1. The Morgan fingerprint density at radius 2 is 1.81 bits per heavy atom. The lowest BCUT2D eigenvalue weighted by atomic mass is 10.1. The summed E-state index contributed by atoms with van der Waals surface area (Å²) in [6.45, 7) is 3.09. The standard InChI is InChI=1S/C13H16FNO/c1-10(16)11-2-4-13(5-3-11)15-8-6-12(14)7-9-15/h2-5,12H,6-9H2,1H3. The lowest BCUT2D eigenvalue weighted by Gasteiger charge is -2.30. The molecular formula is C13H16FNO. The zero-order valence-corrected chi connectivity index (χ0v) is 9.45. The van der Waals surface area contributed by atoms with E-state index in [1.165, 1.54) is 0 Å². The summed E-state index contributed by atoms with van der Waals surface area (Å²) in [6, 6.07) is 7.54. The highest BCUT2D eigenvalue weighted by molar-refractivity contribution is 5.94. The number of carbonyl (C=O) groups excluding carboxylic acids is 1. The van der Waals surface area contributed by atoms with Crippen LogP contribution < -0.4 is 4.90 Å². The molecule has 0 amide bonds. The van der Waals surface area contributed by atoms with E-state index in [1.807, 2.05) is 24.3 Å². The number of hydrogen-bond acceptors (Lipinski definition) is 2. The van der Waals surface area contributed by atoms with Gasteiger partial charge < -0.3 is 4.90 Å². The summed E-state index contributed by atoms with van der Waals surface area (Å²) in [5.41, 5.74) is 1.81. The molecule has 1 heterocycles. The smallest absolute Gasteiger partial charge is 0.159 e. The van der Waals surface area contributed by atoms with E-state index in [4.69, 9.17) is 0 Å². The SMILES string of the molecule is CC(=O)c1ccc(N2CCC(F)CC2)cc1. The van der Waals surface area contributed by atoms with Crippen molar-refractivity contribution in [3.8, 4) is 0 Å². The van der Waals surface area contributed by atoms with Crippen molar-refractivity contribution in [1.29, 1.82) is 0 Å². The van der Waals surface area contributed by atoms with Gasteiger partial charge in [0.1, 0.15) is 6.17 Å². The second-order valence-corrected chi connectivity index (χ2v) is 4.26. The largest absolute Gasteiger partial charge is 0.371 e. The van der Waals surface area contributed by atoms with Gasteiger partial charge in [0, 0.05) is 24.3 Å². The minimum absolute atomic E-state index is 0.0778. The minimum Gasteiger partial charge on any atom is -0.371 e. The van der Waals surface area contributed by atoms with Crippen molar-refractivity contribution in [3.05, 3.63) is 29.8 Å². The van der Waals surface area contributed by atoms with E-state index in [0.29, 0.717) is 12.8 Å². The van der Waals surface area contributed by atoms with Crippen LogP contribution in [0, 0.1) is 0 Å². The topological polar surface area (TPSA) is 20.3 Å². The van der Waals surface area contributed by atoms with Gasteiger partial charge in [-0.3, -0.25) is 4.79 Å². The molecule has 0 aromatic heterocycles. The fraction of sp³-hybridized carbons (Fsp3) is 0.462. The van der Waals surface area contributed by atoms with Gasteiger partial charge in [-0.1, -0.05) is 0 Å². The molecule has 1 saturated heterocycles. The van der Waals surface area contributed by atoms with Gasteiger partial charge in [0.05, 0.1) is 0 Å². The molecule has 0 bridgehead atoms. The molecule has 1 aromatic carbocycles. The molecule has 0 saturated carbocycles. The Morgan fingerprint density at radius 1 is 1.25 bits per heavy atom. The Kier molecular flexibility index (Phi) is 3.22. The maximum absolute atomic E-state index is 13.0. The summed E-state index contributed by atoms with van der Waals surface area (Å²) >= 11 is 0. The number of alkyl halides is 1. The monoisotopic (exact) mass is 221 g/mol. The summed E-state index contributed by atoms with van der Waals surface area (Å²) < 4.78 is 13.0. The van der Waals surface area contributed by atoms with Crippen molar-refractivity contribution < 1.29 is 9.18 Å². The first-order valence-electron chi connectivity index (χ1n) is 5.67. The van der Waals surface area contributed by atoms with Crippen molar-refractivity contribution in [1.82, 2.24) is 0 Å². The zero-order valence-electron chi connectivity index (χ0n) is 9.45. The molecule has 1 aromatic rings. The Hall–Kier alpha value is -1.38. The van der Waals surface area contributed by atoms with Gasteiger partial charge in [-0.25, -0.2) is 4.39 Å². The van der Waals surface area contributed by atoms with Crippen molar-refractivity contribution >= 4 is 11.5 Å². The predicted octanol–water partition coefficient (Wildman–Crippen LogP) is 2.83. The zero-order chi connectivity index (χ0) is 11.5. The number of carbonyl (C=O) groups is 1. The molecule has 0 aliphatic carbocycles. The Morgan fingerprint density at radius 3 is 2.31 bits per heavy atom. The van der Waals surface area contributed by atoms with Gasteiger partial charge in [-0.05, 0) is 44.0 Å². The summed E-state index contributed by atoms with van der Waals surface area (Å²) in [4.78, 5) is 13.3. The Labute approximate surface area is 95.1 Å². The maximum Gasteiger partial charge on any atom is 0.159 e. The maximum atomic E-state index is 13.0. The van der Waals surface area contributed by atoms with E-state index < -0.39 is 6.17 Å². The number of halogens is 1. The first-order chi connectivity index (χ1) is 7.66. The van der Waals surface area contributed by atoms with Crippen LogP contribution in [-0.4, -0.2) is 25.0 Å². The van der Waals surface area contributed by atoms with Crippen LogP contribution in [0.1, 0.15) is 30.1 Å². The first-order valence-corrected chi connectivity index (χ1v) is 5.67. The van der Waals surface area contributed by atoms with Crippen molar-refractivity contribution in [2.24, 2.45) is 0 Å². The molecule has 16 heavy (non-hydrogen) atoms. The third-order valence-corrected chi connectivity index (χ3v) is 3.06. The lowest BCUT2D eigenvalue weighted by molar-refractivity contribution is 0.101. The second-order valence-electron chi connectivity index (χ2n) is 4.26. The average molecular weight is 221 g/mol. The van der Waals surface area contributed by atoms with Gasteiger partial charge in [0.2, 0.25) is 0 Å². The molecule has 86 valence electrons. The third kappa shape index (κ3) is 2.40. The van der Waals surface area contributed by atoms with Crippen molar-refractivity contribution in [2.75, 3.05) is 18.0 Å². The van der Waals surface area contributed by atoms with E-state index in [0.717, 1.165) is 24.3 Å². The molecule has 0 unspecified atom stereocenters. The number of benzene rings is 1. The number of rotatable bonds is 2. The van der Waals surface area contributed by atoms with Crippen LogP contribution in [0.5, 0.6) is 0 Å². The van der Waals surface area contributed by atoms with E-state index in [1.54, 1.807) is 6.92 Å². The molecule has 3 heteroatoms. The molecule has 2 nitrogen and oxygen atoms in total. The molecule has 0 atom stereocenters. The number of piperidine rings is 1. The fourth-order valence-corrected chi connectivity index (χ4v) is 2.01. The van der Waals surface area contributed by atoms with Crippen LogP contribution in [0.4, 0.5) is 10.1 Å². The molecule has 0 radical (unpaired) electrons. The van der Waals surface area contributed by atoms with Crippen molar-refractivity contribution in [2.45, 2.75) is 25.9 Å². The van der Waals surface area contributed by atoms with Gasteiger partial charge in [-0.15, -0.1) is 0 Å². The number of Topliss-reactive ketones (excluding diaryl/α,β-unsaturated/α-hetero) is 1. The highest BCUT2D eigenvalue weighted by Crippen LogP contribution is 2.21. The minimum atomic E-state index is -0.646. The number of nitrogens with zero attached hydrogens (tertiary/aromatic N) is 1. The lowest BCUT2D eigenvalue weighted by Crippen LogP contribution is -2.34. The normalized spacial score (nSPS) is 17.5. The van der Waals surface area contributed by atoms with Crippen molar-refractivity contribution in [3.63, 3.8) is 0 Å². The summed E-state index contributed by atoms with van der Waals surface area (Å²) in [6.07, 6.45) is 0.566. The highest BCUT2D eigenvalue weighted by Gasteiger charge is 2.18. The molecular weight excluding hydrogens is 205 g/mol. The van der Waals surface area contributed by atoms with Crippen LogP contribution in [0.3, 0.4) is 0 Å². The molecule has 0 N–H and O–H groups in total. The fourth-order valence-electron chi connectivity index (χ4n) is 2.01. The number of hydrogen-bond donors (Lipinski definition) is 0. The first kappa shape index (κ1) is 11.1. The highest BCUT2D eigenvalue weighted by atomic mass is 19.1. The third-order valence-electron chi connectivity index (χ3n) is 3.06. The van der Waals surface area contributed by atoms with Gasteiger partial charge >= 0.3 is 0 Å². The summed E-state index contributed by atoms with van der Waals surface area (Å²) in [7, 11) is 0. The average Bonchev–Trinajstić information content (AvgIpc) is 2.30. The number of anilines is 1. The van der Waals surface area contributed by atoms with Gasteiger partial charge in [0.15, 0.2) is 5.78 Å². The molecule has 1 fully saturated rings. The van der Waals surface area contributed by atoms with E-state index in [2.05, 4.69) is 4.90 Å². The van der Waals surface area contributed by atoms with E-state index >= 15 is 0 Å². The quantitative estimate of drug-likeness (QED) is 0.716. The summed E-state index contributed by atoms with van der Waals surface area (Å²) in [5.74, 6) is 0.0778. The molecule has 2 rings (SSSR count). The van der Waals surface area contributed by atoms with Crippen LogP contribution in [0.2, 0.25) is 0 Å². The van der Waals surface area contributed by atoms with E-state index in [9.17, 15) is 9.18 Å². The van der Waals surface area contributed by atoms with Crippen LogP contribution in [0.25, 0.3) is 0 Å². The molecule has 1 aliphatic rings. The summed E-state index contributed by atoms with van der Waals surface area (Å²) in [5, 5.41) is 0. The Balaban J connectivity index is 2.07. The second kappa shape index (κ2) is 4.64. The van der Waals surface area contributed by atoms with E-state index in [-0.39, 0.29) is 5.78 Å².